The number of rotatable bonds is 7. The van der Waals surface area contributed by atoms with Crippen LogP contribution in [0.15, 0.2) is 47.6 Å². The second-order valence-corrected chi connectivity index (χ2v) is 6.23. The molecule has 0 aliphatic heterocycles. The number of aromatic nitrogens is 2. The summed E-state index contributed by atoms with van der Waals surface area (Å²) in [5.41, 5.74) is 5.91. The molecule has 7 nitrogen and oxygen atoms in total. The topological polar surface area (TPSA) is 96.7 Å². The van der Waals surface area contributed by atoms with Crippen molar-refractivity contribution in [1.29, 1.82) is 0 Å². The SMILES string of the molecule is C/C(=N\Nc1nc2ccccc2s1)c1cccc(COCC(=O)O)n1. The Labute approximate surface area is 148 Å². The van der Waals surface area contributed by atoms with Crippen LogP contribution in [0.5, 0.6) is 0 Å². The van der Waals surface area contributed by atoms with Gasteiger partial charge in [0.05, 0.1) is 33.9 Å². The monoisotopic (exact) mass is 356 g/mol. The molecule has 0 atom stereocenters. The van der Waals surface area contributed by atoms with Crippen LogP contribution in [0.4, 0.5) is 5.13 Å². The van der Waals surface area contributed by atoms with Crippen LogP contribution in [-0.4, -0.2) is 33.4 Å². The van der Waals surface area contributed by atoms with E-state index in [2.05, 4.69) is 20.5 Å². The Morgan fingerprint density at radius 1 is 1.24 bits per heavy atom. The predicted molar refractivity (Wildman–Crippen MR) is 97.0 cm³/mol. The number of fused-ring (bicyclic) bond motifs is 1. The van der Waals surface area contributed by atoms with Crippen molar-refractivity contribution in [2.45, 2.75) is 13.5 Å². The molecule has 0 saturated heterocycles. The van der Waals surface area contributed by atoms with Gasteiger partial charge in [0.1, 0.15) is 6.61 Å². The molecule has 0 aliphatic rings. The minimum atomic E-state index is -1.01. The molecule has 3 aromatic rings. The van der Waals surface area contributed by atoms with E-state index >= 15 is 0 Å². The number of nitrogens with zero attached hydrogens (tertiary/aromatic N) is 3. The summed E-state index contributed by atoms with van der Waals surface area (Å²) in [6, 6.07) is 13.3. The molecule has 0 fully saturated rings. The molecule has 0 radical (unpaired) electrons. The molecule has 0 unspecified atom stereocenters. The maximum absolute atomic E-state index is 10.5. The zero-order valence-corrected chi connectivity index (χ0v) is 14.3. The zero-order chi connectivity index (χ0) is 17.6. The van der Waals surface area contributed by atoms with E-state index in [1.165, 1.54) is 11.3 Å². The van der Waals surface area contributed by atoms with Crippen LogP contribution < -0.4 is 5.43 Å². The lowest BCUT2D eigenvalue weighted by Crippen LogP contribution is -2.09. The van der Waals surface area contributed by atoms with Crippen molar-refractivity contribution in [3.8, 4) is 0 Å². The van der Waals surface area contributed by atoms with Crippen molar-refractivity contribution < 1.29 is 14.6 Å². The summed E-state index contributed by atoms with van der Waals surface area (Å²) in [4.78, 5) is 19.3. The van der Waals surface area contributed by atoms with E-state index in [0.29, 0.717) is 22.2 Å². The average molecular weight is 356 g/mol. The molecule has 0 spiro atoms. The third-order valence-corrected chi connectivity index (χ3v) is 4.21. The molecule has 1 aromatic carbocycles. The summed E-state index contributed by atoms with van der Waals surface area (Å²) in [5.74, 6) is -1.01. The van der Waals surface area contributed by atoms with Gasteiger partial charge < -0.3 is 9.84 Å². The first-order valence-electron chi connectivity index (χ1n) is 7.53. The van der Waals surface area contributed by atoms with Gasteiger partial charge in [-0.15, -0.1) is 0 Å². The van der Waals surface area contributed by atoms with Gasteiger partial charge in [0.25, 0.3) is 0 Å². The van der Waals surface area contributed by atoms with Gasteiger partial charge in [-0.1, -0.05) is 29.5 Å². The Morgan fingerprint density at radius 3 is 2.88 bits per heavy atom. The first kappa shape index (κ1) is 17.0. The highest BCUT2D eigenvalue weighted by molar-refractivity contribution is 7.22. The van der Waals surface area contributed by atoms with Crippen LogP contribution in [0, 0.1) is 0 Å². The number of aliphatic carboxylic acids is 1. The Kier molecular flexibility index (Phi) is 5.32. The minimum absolute atomic E-state index is 0.138. The molecule has 0 amide bonds. The maximum Gasteiger partial charge on any atom is 0.329 e. The molecule has 2 heterocycles. The molecular formula is C17H16N4O3S. The molecular weight excluding hydrogens is 340 g/mol. The molecule has 8 heteroatoms. The number of hydrazone groups is 1. The Balaban J connectivity index is 1.68. The largest absolute Gasteiger partial charge is 0.480 e. The quantitative estimate of drug-likeness (QED) is 0.499. The lowest BCUT2D eigenvalue weighted by atomic mass is 10.2. The number of anilines is 1. The van der Waals surface area contributed by atoms with E-state index in [9.17, 15) is 4.79 Å². The summed E-state index contributed by atoms with van der Waals surface area (Å²) in [7, 11) is 0. The summed E-state index contributed by atoms with van der Waals surface area (Å²) in [6.07, 6.45) is 0. The lowest BCUT2D eigenvalue weighted by molar-refractivity contribution is -0.142. The summed E-state index contributed by atoms with van der Waals surface area (Å²) >= 11 is 1.53. The van der Waals surface area contributed by atoms with Crippen molar-refractivity contribution in [3.05, 3.63) is 53.9 Å². The van der Waals surface area contributed by atoms with E-state index in [1.54, 1.807) is 6.07 Å². The molecule has 0 bridgehead atoms. The molecule has 0 saturated carbocycles. The third kappa shape index (κ3) is 4.59. The lowest BCUT2D eigenvalue weighted by Gasteiger charge is -2.04. The molecule has 3 rings (SSSR count). The number of carbonyl (C=O) groups is 1. The van der Waals surface area contributed by atoms with Crippen LogP contribution in [0.25, 0.3) is 10.2 Å². The number of pyridine rings is 1. The van der Waals surface area contributed by atoms with Crippen molar-refractivity contribution in [3.63, 3.8) is 0 Å². The Hall–Kier alpha value is -2.84. The zero-order valence-electron chi connectivity index (χ0n) is 13.5. The van der Waals surface area contributed by atoms with Crippen LogP contribution in [0.3, 0.4) is 0 Å². The molecule has 128 valence electrons. The van der Waals surface area contributed by atoms with Crippen LogP contribution >= 0.6 is 11.3 Å². The van der Waals surface area contributed by atoms with Gasteiger partial charge in [-0.2, -0.15) is 5.10 Å². The van der Waals surface area contributed by atoms with Gasteiger partial charge in [-0.3, -0.25) is 5.43 Å². The van der Waals surface area contributed by atoms with E-state index in [1.807, 2.05) is 43.3 Å². The number of hydrogen-bond donors (Lipinski definition) is 2. The van der Waals surface area contributed by atoms with Crippen LogP contribution in [-0.2, 0) is 16.1 Å². The highest BCUT2D eigenvalue weighted by Gasteiger charge is 2.05. The van der Waals surface area contributed by atoms with E-state index in [0.717, 1.165) is 10.2 Å². The normalized spacial score (nSPS) is 11.6. The standard InChI is InChI=1S/C17H16N4O3S/c1-11(13-7-4-5-12(18-13)9-24-10-16(22)23)20-21-17-19-14-6-2-3-8-15(14)25-17/h2-8H,9-10H2,1H3,(H,19,21)(H,22,23)/b20-11+. The number of para-hydroxylation sites is 1. The number of thiazole rings is 1. The number of ether oxygens (including phenoxy) is 1. The number of carboxylic acid groups (broad SMARTS) is 1. The first-order valence-corrected chi connectivity index (χ1v) is 8.35. The van der Waals surface area contributed by atoms with Gasteiger partial charge in [-0.25, -0.2) is 14.8 Å². The molecule has 2 aromatic heterocycles. The first-order chi connectivity index (χ1) is 12.1. The molecule has 0 aliphatic carbocycles. The highest BCUT2D eigenvalue weighted by atomic mass is 32.1. The summed E-state index contributed by atoms with van der Waals surface area (Å²) < 4.78 is 6.14. The Bertz CT molecular complexity index is 890. The Morgan fingerprint density at radius 2 is 2.08 bits per heavy atom. The highest BCUT2D eigenvalue weighted by Crippen LogP contribution is 2.25. The van der Waals surface area contributed by atoms with E-state index < -0.39 is 5.97 Å². The minimum Gasteiger partial charge on any atom is -0.480 e. The van der Waals surface area contributed by atoms with Gasteiger partial charge in [0.2, 0.25) is 5.13 Å². The fraction of sp³-hybridized carbons (Fsp3) is 0.176. The van der Waals surface area contributed by atoms with Crippen molar-refractivity contribution in [1.82, 2.24) is 9.97 Å². The summed E-state index contributed by atoms with van der Waals surface area (Å²) in [6.45, 7) is 1.63. The van der Waals surface area contributed by atoms with Crippen molar-refractivity contribution in [2.75, 3.05) is 12.0 Å². The smallest absolute Gasteiger partial charge is 0.329 e. The predicted octanol–water partition coefficient (Wildman–Crippen LogP) is 3.13. The summed E-state index contributed by atoms with van der Waals surface area (Å²) in [5, 5.41) is 13.6. The van der Waals surface area contributed by atoms with Crippen LogP contribution in [0.2, 0.25) is 0 Å². The number of hydrogen-bond acceptors (Lipinski definition) is 7. The third-order valence-electron chi connectivity index (χ3n) is 3.27. The molecule has 25 heavy (non-hydrogen) atoms. The van der Waals surface area contributed by atoms with E-state index in [4.69, 9.17) is 9.84 Å². The second-order valence-electron chi connectivity index (χ2n) is 5.20. The average Bonchev–Trinajstić information content (AvgIpc) is 3.02. The number of carboxylic acids is 1. The van der Waals surface area contributed by atoms with Crippen molar-refractivity contribution in [2.24, 2.45) is 5.10 Å². The molecule has 2 N–H and O–H groups in total. The van der Waals surface area contributed by atoms with Gasteiger partial charge in [0.15, 0.2) is 0 Å². The fourth-order valence-corrected chi connectivity index (χ4v) is 2.92. The van der Waals surface area contributed by atoms with Crippen molar-refractivity contribution >= 4 is 38.4 Å². The van der Waals surface area contributed by atoms with Crippen LogP contribution in [0.1, 0.15) is 18.3 Å². The van der Waals surface area contributed by atoms with Gasteiger partial charge >= 0.3 is 5.97 Å². The fourth-order valence-electron chi connectivity index (χ4n) is 2.11. The van der Waals surface area contributed by atoms with E-state index in [-0.39, 0.29) is 13.2 Å². The van der Waals surface area contributed by atoms with Gasteiger partial charge in [0, 0.05) is 0 Å². The second kappa shape index (κ2) is 7.82. The number of nitrogens with one attached hydrogen (secondary N) is 1. The van der Waals surface area contributed by atoms with Gasteiger partial charge in [-0.05, 0) is 31.2 Å². The number of benzene rings is 1. The maximum atomic E-state index is 10.5.